The number of nitrogens with zero attached hydrogens (tertiary/aromatic N) is 4. The highest BCUT2D eigenvalue weighted by Crippen LogP contribution is 2.32. The lowest BCUT2D eigenvalue weighted by atomic mass is 10.1. The minimum atomic E-state index is -4.43. The van der Waals surface area contributed by atoms with E-state index >= 15 is 0 Å². The molecule has 0 bridgehead atoms. The minimum absolute atomic E-state index is 0.435. The Morgan fingerprint density at radius 2 is 1.86 bits per heavy atom. The number of hydrogen-bond acceptors (Lipinski definition) is 3. The van der Waals surface area contributed by atoms with Gasteiger partial charge in [0.25, 0.3) is 0 Å². The molecule has 0 unspecified atom stereocenters. The molecule has 7 heteroatoms. The Bertz CT molecular complexity index is 642. The standard InChI is InChI=1S/C14H15F3N4/c1-20-11(9-12(19-20)14(15,16)17)10-4-5-18-13(8-10)21-6-2-3-7-21/h4-5,8-9H,2-3,6-7H2,1H3. The normalized spacial score (nSPS) is 15.7. The van der Waals surface area contributed by atoms with Crippen LogP contribution in [0.5, 0.6) is 0 Å². The first-order valence-electron chi connectivity index (χ1n) is 6.78. The molecule has 21 heavy (non-hydrogen) atoms. The summed E-state index contributed by atoms with van der Waals surface area (Å²) in [6.45, 7) is 1.88. The van der Waals surface area contributed by atoms with Crippen molar-refractivity contribution in [2.75, 3.05) is 18.0 Å². The second kappa shape index (κ2) is 5.05. The molecule has 3 heterocycles. The molecule has 112 valence electrons. The van der Waals surface area contributed by atoms with Crippen molar-refractivity contribution in [1.82, 2.24) is 14.8 Å². The zero-order chi connectivity index (χ0) is 15.0. The number of aromatic nitrogens is 3. The fourth-order valence-electron chi connectivity index (χ4n) is 2.57. The third-order valence-corrected chi connectivity index (χ3v) is 3.64. The summed E-state index contributed by atoms with van der Waals surface area (Å²) in [5.41, 5.74) is 0.252. The lowest BCUT2D eigenvalue weighted by molar-refractivity contribution is -0.141. The second-order valence-corrected chi connectivity index (χ2v) is 5.13. The number of aryl methyl sites for hydroxylation is 1. The first-order chi connectivity index (χ1) is 9.95. The quantitative estimate of drug-likeness (QED) is 0.854. The molecule has 0 amide bonds. The smallest absolute Gasteiger partial charge is 0.357 e. The Morgan fingerprint density at radius 3 is 2.48 bits per heavy atom. The van der Waals surface area contributed by atoms with Gasteiger partial charge in [-0.25, -0.2) is 4.98 Å². The van der Waals surface area contributed by atoms with Crippen LogP contribution in [0.1, 0.15) is 18.5 Å². The molecule has 0 spiro atoms. The molecule has 0 saturated carbocycles. The van der Waals surface area contributed by atoms with Gasteiger partial charge in [-0.3, -0.25) is 4.68 Å². The first kappa shape index (κ1) is 13.9. The van der Waals surface area contributed by atoms with Crippen molar-refractivity contribution in [2.24, 2.45) is 7.05 Å². The highest BCUT2D eigenvalue weighted by molar-refractivity contribution is 5.64. The predicted molar refractivity (Wildman–Crippen MR) is 72.9 cm³/mol. The molecule has 4 nitrogen and oxygen atoms in total. The van der Waals surface area contributed by atoms with E-state index in [9.17, 15) is 13.2 Å². The average molecular weight is 296 g/mol. The molecule has 0 radical (unpaired) electrons. The van der Waals surface area contributed by atoms with Crippen molar-refractivity contribution >= 4 is 5.82 Å². The van der Waals surface area contributed by atoms with Crippen LogP contribution in [0, 0.1) is 0 Å². The predicted octanol–water partition coefficient (Wildman–Crippen LogP) is 3.10. The lowest BCUT2D eigenvalue weighted by Gasteiger charge is -2.16. The maximum atomic E-state index is 12.7. The van der Waals surface area contributed by atoms with Crippen LogP contribution in [0.3, 0.4) is 0 Å². The van der Waals surface area contributed by atoms with E-state index in [2.05, 4.69) is 15.0 Å². The average Bonchev–Trinajstić information content (AvgIpc) is 3.07. The zero-order valence-corrected chi connectivity index (χ0v) is 11.6. The third-order valence-electron chi connectivity index (χ3n) is 3.64. The largest absolute Gasteiger partial charge is 0.435 e. The Morgan fingerprint density at radius 1 is 1.14 bits per heavy atom. The van der Waals surface area contributed by atoms with Gasteiger partial charge in [0.05, 0.1) is 5.69 Å². The van der Waals surface area contributed by atoms with Crippen molar-refractivity contribution < 1.29 is 13.2 Å². The Hall–Kier alpha value is -2.05. The van der Waals surface area contributed by atoms with Gasteiger partial charge < -0.3 is 4.90 Å². The van der Waals surface area contributed by atoms with Crippen molar-refractivity contribution in [2.45, 2.75) is 19.0 Å². The lowest BCUT2D eigenvalue weighted by Crippen LogP contribution is -2.18. The Kier molecular flexibility index (Phi) is 3.35. The van der Waals surface area contributed by atoms with E-state index in [4.69, 9.17) is 0 Å². The van der Waals surface area contributed by atoms with E-state index in [0.717, 1.165) is 37.8 Å². The summed E-state index contributed by atoms with van der Waals surface area (Å²) >= 11 is 0. The van der Waals surface area contributed by atoms with Crippen LogP contribution in [0.4, 0.5) is 19.0 Å². The number of anilines is 1. The summed E-state index contributed by atoms with van der Waals surface area (Å²) < 4.78 is 39.4. The van der Waals surface area contributed by atoms with Crippen molar-refractivity contribution in [3.63, 3.8) is 0 Å². The van der Waals surface area contributed by atoms with Gasteiger partial charge in [-0.15, -0.1) is 0 Å². The summed E-state index contributed by atoms with van der Waals surface area (Å²) in [7, 11) is 1.51. The second-order valence-electron chi connectivity index (χ2n) is 5.13. The molecule has 1 saturated heterocycles. The number of pyridine rings is 1. The molecule has 1 fully saturated rings. The zero-order valence-electron chi connectivity index (χ0n) is 11.6. The number of alkyl halides is 3. The highest BCUT2D eigenvalue weighted by atomic mass is 19.4. The van der Waals surface area contributed by atoms with Crippen LogP contribution in [0.25, 0.3) is 11.3 Å². The maximum Gasteiger partial charge on any atom is 0.435 e. The van der Waals surface area contributed by atoms with Crippen LogP contribution in [0.15, 0.2) is 24.4 Å². The van der Waals surface area contributed by atoms with E-state index < -0.39 is 11.9 Å². The van der Waals surface area contributed by atoms with E-state index in [1.54, 1.807) is 12.3 Å². The fourth-order valence-corrected chi connectivity index (χ4v) is 2.57. The molecular formula is C14H15F3N4. The summed E-state index contributed by atoms with van der Waals surface area (Å²) in [6, 6.07) is 4.60. The monoisotopic (exact) mass is 296 g/mol. The summed E-state index contributed by atoms with van der Waals surface area (Å²) in [5.74, 6) is 0.805. The SMILES string of the molecule is Cn1nc(C(F)(F)F)cc1-c1ccnc(N2CCCC2)c1. The molecule has 1 aliphatic heterocycles. The van der Waals surface area contributed by atoms with E-state index in [1.807, 2.05) is 6.07 Å². The molecule has 0 aliphatic carbocycles. The van der Waals surface area contributed by atoms with Gasteiger partial charge in [0, 0.05) is 31.9 Å². The van der Waals surface area contributed by atoms with Gasteiger partial charge in [-0.05, 0) is 31.0 Å². The summed E-state index contributed by atoms with van der Waals surface area (Å²) in [5, 5.41) is 3.54. The van der Waals surface area contributed by atoms with E-state index in [1.165, 1.54) is 11.7 Å². The van der Waals surface area contributed by atoms with Crippen molar-refractivity contribution in [3.05, 3.63) is 30.1 Å². The van der Waals surface area contributed by atoms with Crippen LogP contribution in [-0.2, 0) is 13.2 Å². The topological polar surface area (TPSA) is 34.0 Å². The van der Waals surface area contributed by atoms with Crippen LogP contribution < -0.4 is 4.90 Å². The van der Waals surface area contributed by atoms with Crippen LogP contribution >= 0.6 is 0 Å². The maximum absolute atomic E-state index is 12.7. The van der Waals surface area contributed by atoms with Gasteiger partial charge in [-0.2, -0.15) is 18.3 Å². The Labute approximate surface area is 120 Å². The van der Waals surface area contributed by atoms with Crippen molar-refractivity contribution in [1.29, 1.82) is 0 Å². The van der Waals surface area contributed by atoms with Gasteiger partial charge in [-0.1, -0.05) is 0 Å². The number of halogens is 3. The van der Waals surface area contributed by atoms with Gasteiger partial charge in [0.2, 0.25) is 0 Å². The third kappa shape index (κ3) is 2.72. The molecule has 0 aromatic carbocycles. The molecule has 2 aromatic rings. The van der Waals surface area contributed by atoms with E-state index in [-0.39, 0.29) is 0 Å². The van der Waals surface area contributed by atoms with Crippen LogP contribution in [0.2, 0.25) is 0 Å². The molecule has 0 N–H and O–H groups in total. The van der Waals surface area contributed by atoms with Gasteiger partial charge in [0.15, 0.2) is 5.69 Å². The number of hydrogen-bond donors (Lipinski definition) is 0. The van der Waals surface area contributed by atoms with Gasteiger partial charge >= 0.3 is 6.18 Å². The van der Waals surface area contributed by atoms with Crippen molar-refractivity contribution in [3.8, 4) is 11.3 Å². The fraction of sp³-hybridized carbons (Fsp3) is 0.429. The highest BCUT2D eigenvalue weighted by Gasteiger charge is 2.34. The summed E-state index contributed by atoms with van der Waals surface area (Å²) in [4.78, 5) is 6.45. The van der Waals surface area contributed by atoms with Crippen LogP contribution in [-0.4, -0.2) is 27.9 Å². The Balaban J connectivity index is 1.97. The molecular weight excluding hydrogens is 281 g/mol. The van der Waals surface area contributed by atoms with E-state index in [0.29, 0.717) is 11.3 Å². The molecule has 2 aromatic heterocycles. The minimum Gasteiger partial charge on any atom is -0.357 e. The summed E-state index contributed by atoms with van der Waals surface area (Å²) in [6.07, 6.45) is -0.560. The van der Waals surface area contributed by atoms with Gasteiger partial charge in [0.1, 0.15) is 5.82 Å². The number of rotatable bonds is 2. The molecule has 1 aliphatic rings. The first-order valence-corrected chi connectivity index (χ1v) is 6.78. The molecule has 3 rings (SSSR count). The molecule has 0 atom stereocenters.